The van der Waals surface area contributed by atoms with Crippen LogP contribution in [-0.2, 0) is 6.42 Å². The zero-order chi connectivity index (χ0) is 14.5. The van der Waals surface area contributed by atoms with Crippen LogP contribution in [0.5, 0.6) is 0 Å². The Hall–Kier alpha value is -1.09. The number of halogens is 3. The van der Waals surface area contributed by atoms with E-state index in [0.717, 1.165) is 24.1 Å². The molecule has 0 bridgehead atoms. The van der Waals surface area contributed by atoms with Crippen molar-refractivity contribution in [2.24, 2.45) is 0 Å². The predicted molar refractivity (Wildman–Crippen MR) is 83.0 cm³/mol. The van der Waals surface area contributed by atoms with Gasteiger partial charge in [0.25, 0.3) is 0 Å². The van der Waals surface area contributed by atoms with E-state index in [0.29, 0.717) is 10.0 Å². The fourth-order valence-electron chi connectivity index (χ4n) is 2.22. The molecular formula is C16H16Cl2FN. The lowest BCUT2D eigenvalue weighted by molar-refractivity contribution is 0.547. The largest absolute Gasteiger partial charge is 0.310 e. The van der Waals surface area contributed by atoms with E-state index in [1.54, 1.807) is 6.07 Å². The summed E-state index contributed by atoms with van der Waals surface area (Å²) < 4.78 is 13.2. The van der Waals surface area contributed by atoms with E-state index in [1.165, 1.54) is 12.1 Å². The Labute approximate surface area is 128 Å². The Bertz CT molecular complexity index is 586. The second-order valence-electron chi connectivity index (χ2n) is 4.61. The summed E-state index contributed by atoms with van der Waals surface area (Å²) in [5, 5.41) is 4.53. The van der Waals surface area contributed by atoms with Gasteiger partial charge in [-0.25, -0.2) is 4.39 Å². The van der Waals surface area contributed by atoms with Gasteiger partial charge in [-0.1, -0.05) is 48.3 Å². The molecule has 20 heavy (non-hydrogen) atoms. The van der Waals surface area contributed by atoms with E-state index < -0.39 is 0 Å². The lowest BCUT2D eigenvalue weighted by Crippen LogP contribution is -2.23. The third-order valence-corrected chi connectivity index (χ3v) is 3.68. The number of hydrogen-bond acceptors (Lipinski definition) is 1. The van der Waals surface area contributed by atoms with Crippen molar-refractivity contribution in [3.63, 3.8) is 0 Å². The first kappa shape index (κ1) is 15.3. The molecule has 0 aromatic heterocycles. The van der Waals surface area contributed by atoms with Crippen LogP contribution in [0, 0.1) is 5.82 Å². The van der Waals surface area contributed by atoms with Gasteiger partial charge >= 0.3 is 0 Å². The molecule has 0 aliphatic carbocycles. The van der Waals surface area contributed by atoms with E-state index >= 15 is 0 Å². The Balaban J connectivity index is 2.26. The van der Waals surface area contributed by atoms with Crippen LogP contribution < -0.4 is 5.32 Å². The summed E-state index contributed by atoms with van der Waals surface area (Å²) in [5.74, 6) is -0.322. The van der Waals surface area contributed by atoms with Gasteiger partial charge in [0.2, 0.25) is 0 Å². The molecule has 1 nitrogen and oxygen atoms in total. The van der Waals surface area contributed by atoms with Crippen molar-refractivity contribution in [2.45, 2.75) is 19.4 Å². The van der Waals surface area contributed by atoms with Crippen LogP contribution in [0.3, 0.4) is 0 Å². The highest BCUT2D eigenvalue weighted by atomic mass is 35.5. The smallest absolute Gasteiger partial charge is 0.124 e. The number of rotatable bonds is 5. The summed E-state index contributed by atoms with van der Waals surface area (Å²) >= 11 is 12.2. The van der Waals surface area contributed by atoms with Gasteiger partial charge in [0.1, 0.15) is 5.82 Å². The van der Waals surface area contributed by atoms with Crippen molar-refractivity contribution in [3.05, 3.63) is 69.5 Å². The molecule has 0 aliphatic heterocycles. The maximum atomic E-state index is 13.2. The molecule has 1 unspecified atom stereocenters. The molecule has 106 valence electrons. The first-order valence-electron chi connectivity index (χ1n) is 6.53. The lowest BCUT2D eigenvalue weighted by Gasteiger charge is -2.20. The average molecular weight is 312 g/mol. The van der Waals surface area contributed by atoms with Crippen molar-refractivity contribution in [2.75, 3.05) is 6.54 Å². The Morgan fingerprint density at radius 2 is 1.95 bits per heavy atom. The molecule has 0 fully saturated rings. The van der Waals surface area contributed by atoms with Gasteiger partial charge < -0.3 is 5.32 Å². The average Bonchev–Trinajstić information content (AvgIpc) is 2.38. The van der Waals surface area contributed by atoms with Gasteiger partial charge in [-0.2, -0.15) is 0 Å². The number of likely N-dealkylation sites (N-methyl/N-ethyl adjacent to an activating group) is 1. The molecule has 4 heteroatoms. The molecule has 0 heterocycles. The quantitative estimate of drug-likeness (QED) is 0.817. The third-order valence-electron chi connectivity index (χ3n) is 3.12. The molecule has 0 spiro atoms. The third kappa shape index (κ3) is 3.95. The Kier molecular flexibility index (Phi) is 5.41. The standard InChI is InChI=1S/C16H16Cl2FN/c1-2-20-16(9-11-4-3-5-12(17)8-11)14-7-6-13(19)10-15(14)18/h3-8,10,16,20H,2,9H2,1H3. The first-order valence-corrected chi connectivity index (χ1v) is 7.28. The van der Waals surface area contributed by atoms with E-state index in [9.17, 15) is 4.39 Å². The number of benzene rings is 2. The maximum Gasteiger partial charge on any atom is 0.124 e. The molecule has 2 aromatic rings. The van der Waals surface area contributed by atoms with Crippen molar-refractivity contribution in [3.8, 4) is 0 Å². The molecule has 2 rings (SSSR count). The minimum absolute atomic E-state index is 0.0339. The molecular weight excluding hydrogens is 296 g/mol. The van der Waals surface area contributed by atoms with Crippen molar-refractivity contribution in [1.29, 1.82) is 0 Å². The molecule has 2 aromatic carbocycles. The summed E-state index contributed by atoms with van der Waals surface area (Å²) in [6.07, 6.45) is 0.750. The Morgan fingerprint density at radius 1 is 1.15 bits per heavy atom. The van der Waals surface area contributed by atoms with Crippen molar-refractivity contribution >= 4 is 23.2 Å². The maximum absolute atomic E-state index is 13.2. The highest BCUT2D eigenvalue weighted by molar-refractivity contribution is 6.31. The molecule has 0 radical (unpaired) electrons. The number of nitrogens with one attached hydrogen (secondary N) is 1. The van der Waals surface area contributed by atoms with Crippen LogP contribution in [0.25, 0.3) is 0 Å². The zero-order valence-corrected chi connectivity index (χ0v) is 12.7. The summed E-state index contributed by atoms with van der Waals surface area (Å²) in [7, 11) is 0. The van der Waals surface area contributed by atoms with Crippen molar-refractivity contribution < 1.29 is 4.39 Å². The minimum Gasteiger partial charge on any atom is -0.310 e. The van der Waals surface area contributed by atoms with E-state index in [4.69, 9.17) is 23.2 Å². The second-order valence-corrected chi connectivity index (χ2v) is 5.45. The van der Waals surface area contributed by atoms with Gasteiger partial charge in [-0.15, -0.1) is 0 Å². The van der Waals surface area contributed by atoms with Gasteiger partial charge in [0.15, 0.2) is 0 Å². The lowest BCUT2D eigenvalue weighted by atomic mass is 9.98. The van der Waals surface area contributed by atoms with Crippen LogP contribution in [-0.4, -0.2) is 6.54 Å². The monoisotopic (exact) mass is 311 g/mol. The van der Waals surface area contributed by atoms with E-state index in [2.05, 4.69) is 5.32 Å². The van der Waals surface area contributed by atoms with Crippen LogP contribution in [0.15, 0.2) is 42.5 Å². The minimum atomic E-state index is -0.322. The first-order chi connectivity index (χ1) is 9.60. The Morgan fingerprint density at radius 3 is 2.60 bits per heavy atom. The summed E-state index contributed by atoms with van der Waals surface area (Å²) in [5.41, 5.74) is 2.01. The predicted octanol–water partition coefficient (Wildman–Crippen LogP) is 5.03. The summed E-state index contributed by atoms with van der Waals surface area (Å²) in [6.45, 7) is 2.83. The van der Waals surface area contributed by atoms with Crippen LogP contribution >= 0.6 is 23.2 Å². The molecule has 1 N–H and O–H groups in total. The molecule has 0 saturated carbocycles. The highest BCUT2D eigenvalue weighted by Gasteiger charge is 2.15. The number of hydrogen-bond donors (Lipinski definition) is 1. The van der Waals surface area contributed by atoms with Gasteiger partial charge in [0.05, 0.1) is 0 Å². The normalized spacial score (nSPS) is 12.4. The van der Waals surface area contributed by atoms with Gasteiger partial charge in [-0.05, 0) is 48.4 Å². The molecule has 0 saturated heterocycles. The molecule has 1 atom stereocenters. The van der Waals surface area contributed by atoms with Crippen LogP contribution in [0.1, 0.15) is 24.1 Å². The summed E-state index contributed by atoms with van der Waals surface area (Å²) in [4.78, 5) is 0. The van der Waals surface area contributed by atoms with Crippen molar-refractivity contribution in [1.82, 2.24) is 5.32 Å². The SMILES string of the molecule is CCNC(Cc1cccc(Cl)c1)c1ccc(F)cc1Cl. The topological polar surface area (TPSA) is 12.0 Å². The zero-order valence-electron chi connectivity index (χ0n) is 11.2. The van der Waals surface area contributed by atoms with Gasteiger partial charge in [0, 0.05) is 16.1 Å². The fraction of sp³-hybridized carbons (Fsp3) is 0.250. The van der Waals surface area contributed by atoms with Gasteiger partial charge in [-0.3, -0.25) is 0 Å². The summed E-state index contributed by atoms with van der Waals surface area (Å²) in [6, 6.07) is 12.3. The molecule has 0 amide bonds. The highest BCUT2D eigenvalue weighted by Crippen LogP contribution is 2.27. The van der Waals surface area contributed by atoms with E-state index in [1.807, 2.05) is 31.2 Å². The second kappa shape index (κ2) is 7.07. The molecule has 0 aliphatic rings. The van der Waals surface area contributed by atoms with Crippen LogP contribution in [0.2, 0.25) is 10.0 Å². The fourth-order valence-corrected chi connectivity index (χ4v) is 2.73. The van der Waals surface area contributed by atoms with E-state index in [-0.39, 0.29) is 11.9 Å². The van der Waals surface area contributed by atoms with Crippen LogP contribution in [0.4, 0.5) is 4.39 Å².